The Morgan fingerprint density at radius 2 is 2.12 bits per heavy atom. The first-order chi connectivity index (χ1) is 11.9. The molecule has 1 unspecified atom stereocenters. The van der Waals surface area contributed by atoms with Crippen LogP contribution in [0.3, 0.4) is 0 Å². The number of pyridine rings is 1. The van der Waals surface area contributed by atoms with Crippen LogP contribution in [-0.2, 0) is 0 Å². The standard InChI is InChI=1S/C18H20N4O3/c1-5-11(2)22-17(23)15(10-19)12(3)16(18(22)24)21-20-13-7-6-8-14(9-13)25-4/h6-9,11,23H,5H2,1-4H3. The molecule has 7 nitrogen and oxygen atoms in total. The van der Waals surface area contributed by atoms with Crippen LogP contribution < -0.4 is 10.3 Å². The highest BCUT2D eigenvalue weighted by atomic mass is 16.5. The van der Waals surface area contributed by atoms with Gasteiger partial charge in [0, 0.05) is 17.7 Å². The van der Waals surface area contributed by atoms with E-state index in [9.17, 15) is 15.2 Å². The predicted octanol–water partition coefficient (Wildman–Crippen LogP) is 4.13. The Hall–Kier alpha value is -3.14. The molecule has 1 aromatic carbocycles. The highest BCUT2D eigenvalue weighted by Crippen LogP contribution is 2.29. The zero-order valence-corrected chi connectivity index (χ0v) is 14.6. The lowest BCUT2D eigenvalue weighted by molar-refractivity contribution is 0.372. The Balaban J connectivity index is 2.63. The molecule has 130 valence electrons. The second-order valence-corrected chi connectivity index (χ2v) is 5.62. The third-order valence-electron chi connectivity index (χ3n) is 4.07. The van der Waals surface area contributed by atoms with Gasteiger partial charge in [-0.1, -0.05) is 13.0 Å². The topological polar surface area (TPSA) is 100.0 Å². The zero-order valence-electron chi connectivity index (χ0n) is 14.6. The van der Waals surface area contributed by atoms with Crippen LogP contribution in [0.5, 0.6) is 11.6 Å². The number of rotatable bonds is 5. The monoisotopic (exact) mass is 340 g/mol. The summed E-state index contributed by atoms with van der Waals surface area (Å²) in [4.78, 5) is 12.7. The molecule has 1 heterocycles. The summed E-state index contributed by atoms with van der Waals surface area (Å²) in [5.74, 6) is 0.285. The van der Waals surface area contributed by atoms with E-state index in [0.29, 0.717) is 23.4 Å². The number of hydrogen-bond acceptors (Lipinski definition) is 6. The average Bonchev–Trinajstić information content (AvgIpc) is 2.61. The van der Waals surface area contributed by atoms with Gasteiger partial charge in [0.1, 0.15) is 17.4 Å². The van der Waals surface area contributed by atoms with E-state index >= 15 is 0 Å². The molecule has 0 aliphatic rings. The number of nitrogens with zero attached hydrogens (tertiary/aromatic N) is 4. The maximum absolute atomic E-state index is 12.7. The van der Waals surface area contributed by atoms with Crippen LogP contribution in [0.1, 0.15) is 37.4 Å². The number of nitriles is 1. The van der Waals surface area contributed by atoms with Gasteiger partial charge >= 0.3 is 0 Å². The number of aromatic nitrogens is 1. The van der Waals surface area contributed by atoms with E-state index in [1.165, 1.54) is 4.57 Å². The lowest BCUT2D eigenvalue weighted by Gasteiger charge is -2.17. The molecule has 0 saturated heterocycles. The van der Waals surface area contributed by atoms with E-state index < -0.39 is 5.56 Å². The van der Waals surface area contributed by atoms with Crippen molar-refractivity contribution in [2.75, 3.05) is 7.11 Å². The molecule has 1 aromatic heterocycles. The Labute approximate surface area is 145 Å². The molecule has 0 amide bonds. The molecule has 7 heteroatoms. The first-order valence-electron chi connectivity index (χ1n) is 7.88. The summed E-state index contributed by atoms with van der Waals surface area (Å²) in [5.41, 5.74) is 0.406. The fourth-order valence-electron chi connectivity index (χ4n) is 2.40. The maximum Gasteiger partial charge on any atom is 0.281 e. The molecule has 0 aliphatic heterocycles. The van der Waals surface area contributed by atoms with Gasteiger partial charge in [0.2, 0.25) is 5.88 Å². The lowest BCUT2D eigenvalue weighted by Crippen LogP contribution is -2.24. The van der Waals surface area contributed by atoms with Gasteiger partial charge in [-0.05, 0) is 32.4 Å². The molecule has 2 aromatic rings. The smallest absolute Gasteiger partial charge is 0.281 e. The molecule has 2 rings (SSSR count). The fraction of sp³-hybridized carbons (Fsp3) is 0.333. The quantitative estimate of drug-likeness (QED) is 0.827. The largest absolute Gasteiger partial charge is 0.497 e. The van der Waals surface area contributed by atoms with Crippen LogP contribution in [0.4, 0.5) is 11.4 Å². The van der Waals surface area contributed by atoms with E-state index in [2.05, 4.69) is 10.2 Å². The predicted molar refractivity (Wildman–Crippen MR) is 94.0 cm³/mol. The Bertz CT molecular complexity index is 910. The van der Waals surface area contributed by atoms with E-state index in [0.717, 1.165) is 0 Å². The Morgan fingerprint density at radius 3 is 2.72 bits per heavy atom. The zero-order chi connectivity index (χ0) is 18.6. The molecule has 25 heavy (non-hydrogen) atoms. The van der Waals surface area contributed by atoms with Crippen molar-refractivity contribution in [2.45, 2.75) is 33.2 Å². The highest BCUT2D eigenvalue weighted by Gasteiger charge is 2.21. The van der Waals surface area contributed by atoms with Gasteiger partial charge in [0.05, 0.1) is 12.8 Å². The fourth-order valence-corrected chi connectivity index (χ4v) is 2.40. The second-order valence-electron chi connectivity index (χ2n) is 5.62. The molecule has 0 bridgehead atoms. The lowest BCUT2D eigenvalue weighted by atomic mass is 10.1. The number of aromatic hydroxyl groups is 1. The van der Waals surface area contributed by atoms with Crippen LogP contribution in [0.15, 0.2) is 39.3 Å². The van der Waals surface area contributed by atoms with Gasteiger partial charge < -0.3 is 9.84 Å². The summed E-state index contributed by atoms with van der Waals surface area (Å²) in [5, 5.41) is 27.7. The number of azo groups is 1. The van der Waals surface area contributed by atoms with E-state index in [1.807, 2.05) is 13.0 Å². The summed E-state index contributed by atoms with van der Waals surface area (Å²) in [6.07, 6.45) is 0.619. The third kappa shape index (κ3) is 3.53. The van der Waals surface area contributed by atoms with Crippen molar-refractivity contribution < 1.29 is 9.84 Å². The van der Waals surface area contributed by atoms with Gasteiger partial charge in [-0.15, -0.1) is 5.11 Å². The molecule has 0 radical (unpaired) electrons. The van der Waals surface area contributed by atoms with Gasteiger partial charge in [-0.2, -0.15) is 10.4 Å². The molecule has 1 atom stereocenters. The average molecular weight is 340 g/mol. The number of methoxy groups -OCH3 is 1. The van der Waals surface area contributed by atoms with Crippen LogP contribution >= 0.6 is 0 Å². The first-order valence-corrected chi connectivity index (χ1v) is 7.88. The van der Waals surface area contributed by atoms with Crippen LogP contribution in [0.25, 0.3) is 0 Å². The number of hydrogen-bond donors (Lipinski definition) is 1. The highest BCUT2D eigenvalue weighted by molar-refractivity contribution is 5.57. The molecule has 0 fully saturated rings. The summed E-state index contributed by atoms with van der Waals surface area (Å²) in [6, 6.07) is 8.60. The summed E-state index contributed by atoms with van der Waals surface area (Å²) >= 11 is 0. The summed E-state index contributed by atoms with van der Waals surface area (Å²) in [7, 11) is 1.55. The molecular weight excluding hydrogens is 320 g/mol. The maximum atomic E-state index is 12.7. The van der Waals surface area contributed by atoms with Crippen molar-refractivity contribution in [2.24, 2.45) is 10.2 Å². The van der Waals surface area contributed by atoms with Crippen LogP contribution in [0, 0.1) is 18.3 Å². The normalized spacial score (nSPS) is 12.1. The van der Waals surface area contributed by atoms with Gasteiger partial charge in [-0.25, -0.2) is 0 Å². The number of benzene rings is 1. The second kappa shape index (κ2) is 7.62. The molecule has 0 aliphatic carbocycles. The van der Waals surface area contributed by atoms with Gasteiger partial charge in [-0.3, -0.25) is 9.36 Å². The van der Waals surface area contributed by atoms with E-state index in [1.54, 1.807) is 45.2 Å². The Morgan fingerprint density at radius 1 is 1.40 bits per heavy atom. The minimum atomic E-state index is -0.477. The molecule has 0 saturated carbocycles. The van der Waals surface area contributed by atoms with Crippen LogP contribution in [-0.4, -0.2) is 16.8 Å². The van der Waals surface area contributed by atoms with Crippen molar-refractivity contribution in [1.82, 2.24) is 4.57 Å². The van der Waals surface area contributed by atoms with Crippen molar-refractivity contribution in [1.29, 1.82) is 5.26 Å². The van der Waals surface area contributed by atoms with Gasteiger partial charge in [0.25, 0.3) is 5.56 Å². The van der Waals surface area contributed by atoms with E-state index in [4.69, 9.17) is 4.74 Å². The molecular formula is C18H20N4O3. The summed E-state index contributed by atoms with van der Waals surface area (Å²) < 4.78 is 6.31. The Kier molecular flexibility index (Phi) is 5.55. The minimum absolute atomic E-state index is 0.0273. The van der Waals surface area contributed by atoms with Crippen molar-refractivity contribution in [3.63, 3.8) is 0 Å². The van der Waals surface area contributed by atoms with Crippen molar-refractivity contribution >= 4 is 11.4 Å². The third-order valence-corrected chi connectivity index (χ3v) is 4.07. The first kappa shape index (κ1) is 18.2. The number of ether oxygens (including phenoxy) is 1. The van der Waals surface area contributed by atoms with Crippen molar-refractivity contribution in [3.8, 4) is 17.7 Å². The summed E-state index contributed by atoms with van der Waals surface area (Å²) in [6.45, 7) is 5.25. The van der Waals surface area contributed by atoms with Gasteiger partial charge in [0.15, 0.2) is 5.69 Å². The van der Waals surface area contributed by atoms with Crippen LogP contribution in [0.2, 0.25) is 0 Å². The van der Waals surface area contributed by atoms with Crippen molar-refractivity contribution in [3.05, 3.63) is 45.7 Å². The minimum Gasteiger partial charge on any atom is -0.497 e. The molecule has 0 spiro atoms. The molecule has 1 N–H and O–H groups in total. The SMILES string of the molecule is CCC(C)n1c(O)c(C#N)c(C)c(N=Nc2cccc(OC)c2)c1=O. The van der Waals surface area contributed by atoms with E-state index in [-0.39, 0.29) is 23.2 Å².